The maximum absolute atomic E-state index is 6.43. The molecule has 3 nitrogen and oxygen atoms in total. The molecule has 0 radical (unpaired) electrons. The lowest BCUT2D eigenvalue weighted by molar-refractivity contribution is 0.392. The molecular formula is C64H48N2O. The van der Waals surface area contributed by atoms with E-state index in [4.69, 9.17) is 4.42 Å². The fraction of sp³-hybridized carbons (Fsp3) is 0.125. The Labute approximate surface area is 390 Å². The van der Waals surface area contributed by atoms with Crippen LogP contribution in [0.15, 0.2) is 216 Å². The molecule has 3 aliphatic rings. The molecule has 2 atom stereocenters. The molecule has 11 aromatic rings. The first kappa shape index (κ1) is 38.4. The summed E-state index contributed by atoms with van der Waals surface area (Å²) >= 11 is 0. The fourth-order valence-corrected chi connectivity index (χ4v) is 12.5. The monoisotopic (exact) mass is 860 g/mol. The summed E-state index contributed by atoms with van der Waals surface area (Å²) in [5.41, 5.74) is 19.4. The third-order valence-electron chi connectivity index (χ3n) is 15.8. The zero-order valence-corrected chi connectivity index (χ0v) is 38.1. The average Bonchev–Trinajstić information content (AvgIpc) is 4.04. The molecule has 0 N–H and O–H groups in total. The molecule has 2 heterocycles. The number of allylic oxidation sites excluding steroid dienone is 3. The van der Waals surface area contributed by atoms with E-state index < -0.39 is 0 Å². The zero-order chi connectivity index (χ0) is 44.8. The van der Waals surface area contributed by atoms with Crippen LogP contribution in [0.5, 0.6) is 0 Å². The van der Waals surface area contributed by atoms with Gasteiger partial charge in [-0.05, 0) is 145 Å². The Morgan fingerprint density at radius 2 is 1.25 bits per heavy atom. The Balaban J connectivity index is 0.960. The van der Waals surface area contributed by atoms with E-state index in [0.29, 0.717) is 11.8 Å². The minimum atomic E-state index is -0.114. The molecule has 0 saturated carbocycles. The Hall–Kier alpha value is -7.88. The van der Waals surface area contributed by atoms with E-state index >= 15 is 0 Å². The number of para-hydroxylation sites is 2. The molecule has 3 heteroatoms. The van der Waals surface area contributed by atoms with Crippen molar-refractivity contribution in [2.24, 2.45) is 5.92 Å². The average molecular weight is 861 g/mol. The molecule has 67 heavy (non-hydrogen) atoms. The molecule has 14 rings (SSSR count). The van der Waals surface area contributed by atoms with E-state index in [1.165, 1.54) is 88.5 Å². The number of benzene rings is 9. The zero-order valence-electron chi connectivity index (χ0n) is 38.1. The SMILES string of the molecule is CC1(C)c2ccccc2-c2ccc(-n3c4ccc(-c5cccc(N(C6=CC7C(C=C6)c6ccccc6C7(C)C)c6ccccc6)c5)cc4c4c5cc6c(cc5ccc43)oc3ccccc36)cc21. The minimum Gasteiger partial charge on any atom is -0.456 e. The number of rotatable bonds is 5. The Bertz CT molecular complexity index is 3950. The Morgan fingerprint density at radius 3 is 2.15 bits per heavy atom. The number of fused-ring (bicyclic) bond motifs is 14. The number of nitrogens with zero attached hydrogens (tertiary/aromatic N) is 2. The molecule has 9 aromatic carbocycles. The first-order valence-corrected chi connectivity index (χ1v) is 23.7. The molecule has 0 amide bonds. The Kier molecular flexibility index (Phi) is 7.92. The Morgan fingerprint density at radius 1 is 0.507 bits per heavy atom. The van der Waals surface area contributed by atoms with Crippen molar-refractivity contribution < 1.29 is 4.42 Å². The maximum atomic E-state index is 6.43. The predicted molar refractivity (Wildman–Crippen MR) is 280 cm³/mol. The van der Waals surface area contributed by atoms with E-state index in [1.807, 2.05) is 0 Å². The van der Waals surface area contributed by atoms with Gasteiger partial charge < -0.3 is 13.9 Å². The second-order valence-corrected chi connectivity index (χ2v) is 20.1. The van der Waals surface area contributed by atoms with E-state index in [-0.39, 0.29) is 10.8 Å². The summed E-state index contributed by atoms with van der Waals surface area (Å²) in [6.45, 7) is 9.57. The van der Waals surface area contributed by atoms with Gasteiger partial charge in [0, 0.05) is 55.6 Å². The normalized spacial score (nSPS) is 17.5. The fourth-order valence-electron chi connectivity index (χ4n) is 12.5. The quantitative estimate of drug-likeness (QED) is 0.172. The molecule has 2 unspecified atom stereocenters. The summed E-state index contributed by atoms with van der Waals surface area (Å²) in [7, 11) is 0. The molecule has 0 bridgehead atoms. The van der Waals surface area contributed by atoms with Gasteiger partial charge in [0.1, 0.15) is 11.2 Å². The van der Waals surface area contributed by atoms with Crippen molar-refractivity contribution >= 4 is 65.9 Å². The van der Waals surface area contributed by atoms with E-state index in [9.17, 15) is 0 Å². The van der Waals surface area contributed by atoms with Crippen LogP contribution < -0.4 is 4.90 Å². The topological polar surface area (TPSA) is 21.3 Å². The molecule has 0 fully saturated rings. The van der Waals surface area contributed by atoms with Gasteiger partial charge in [-0.15, -0.1) is 0 Å². The van der Waals surface area contributed by atoms with E-state index in [0.717, 1.165) is 33.3 Å². The third-order valence-corrected chi connectivity index (χ3v) is 15.8. The highest BCUT2D eigenvalue weighted by Gasteiger charge is 2.45. The summed E-state index contributed by atoms with van der Waals surface area (Å²) < 4.78 is 8.93. The number of hydrogen-bond acceptors (Lipinski definition) is 2. The summed E-state index contributed by atoms with van der Waals surface area (Å²) in [4.78, 5) is 2.45. The van der Waals surface area contributed by atoms with Crippen LogP contribution in [0.1, 0.15) is 55.9 Å². The van der Waals surface area contributed by atoms with Gasteiger partial charge in [0.05, 0.1) is 11.0 Å². The second-order valence-electron chi connectivity index (χ2n) is 20.1. The van der Waals surface area contributed by atoms with Crippen molar-refractivity contribution in [1.29, 1.82) is 0 Å². The van der Waals surface area contributed by atoms with Crippen LogP contribution >= 0.6 is 0 Å². The van der Waals surface area contributed by atoms with Crippen molar-refractivity contribution in [3.05, 3.63) is 234 Å². The molecule has 320 valence electrons. The largest absolute Gasteiger partial charge is 0.456 e. The third kappa shape index (κ3) is 5.46. The van der Waals surface area contributed by atoms with Gasteiger partial charge in [0.15, 0.2) is 0 Å². The standard InChI is InChI=1S/C64H48N2O/c1-63(2)54-22-11-8-19-46(54)48-29-27-44(36-56(48)63)65(42-16-6-5-7-17-42)43-18-14-15-39(33-43)40-25-31-58-53(34-40)62-51-38-52-50-21-10-13-24-60(50)67-61(52)35-41(51)26-32-59(62)66(58)45-28-30-49-47-20-9-12-23-55(47)64(3,4)57(49)37-45/h5-38,48,56H,1-4H3. The van der Waals surface area contributed by atoms with Crippen LogP contribution in [0, 0.1) is 5.92 Å². The van der Waals surface area contributed by atoms with Crippen LogP contribution in [0.2, 0.25) is 0 Å². The van der Waals surface area contributed by atoms with Crippen LogP contribution in [0.3, 0.4) is 0 Å². The van der Waals surface area contributed by atoms with Crippen LogP contribution in [0.4, 0.5) is 11.4 Å². The maximum Gasteiger partial charge on any atom is 0.136 e. The molecular weight excluding hydrogens is 813 g/mol. The lowest BCUT2D eigenvalue weighted by atomic mass is 9.74. The summed E-state index contributed by atoms with van der Waals surface area (Å²) in [5, 5.41) is 7.14. The van der Waals surface area contributed by atoms with Crippen LogP contribution in [-0.2, 0) is 10.8 Å². The minimum absolute atomic E-state index is 0.0116. The molecule has 3 aliphatic carbocycles. The van der Waals surface area contributed by atoms with E-state index in [2.05, 4.69) is 243 Å². The van der Waals surface area contributed by atoms with Gasteiger partial charge in [0.2, 0.25) is 0 Å². The highest BCUT2D eigenvalue weighted by atomic mass is 16.3. The van der Waals surface area contributed by atoms with Crippen molar-refractivity contribution in [3.63, 3.8) is 0 Å². The highest BCUT2D eigenvalue weighted by molar-refractivity contribution is 6.25. The second kappa shape index (κ2) is 13.8. The van der Waals surface area contributed by atoms with Crippen molar-refractivity contribution in [2.75, 3.05) is 4.90 Å². The predicted octanol–water partition coefficient (Wildman–Crippen LogP) is 17.1. The molecule has 0 spiro atoms. The number of aromatic nitrogens is 1. The highest BCUT2D eigenvalue weighted by Crippen LogP contribution is 2.55. The van der Waals surface area contributed by atoms with Gasteiger partial charge in [-0.3, -0.25) is 0 Å². The first-order chi connectivity index (χ1) is 32.7. The van der Waals surface area contributed by atoms with Gasteiger partial charge in [-0.25, -0.2) is 0 Å². The van der Waals surface area contributed by atoms with Crippen molar-refractivity contribution in [3.8, 4) is 27.9 Å². The summed E-state index contributed by atoms with van der Waals surface area (Å²) in [5.74, 6) is 0.717. The molecule has 2 aromatic heterocycles. The van der Waals surface area contributed by atoms with Gasteiger partial charge >= 0.3 is 0 Å². The van der Waals surface area contributed by atoms with Crippen LogP contribution in [0.25, 0.3) is 82.5 Å². The molecule has 0 aliphatic heterocycles. The summed E-state index contributed by atoms with van der Waals surface area (Å²) in [6.07, 6.45) is 7.33. The van der Waals surface area contributed by atoms with Crippen molar-refractivity contribution in [2.45, 2.75) is 44.4 Å². The number of hydrogen-bond donors (Lipinski definition) is 0. The van der Waals surface area contributed by atoms with E-state index in [1.54, 1.807) is 0 Å². The lowest BCUT2D eigenvalue weighted by Crippen LogP contribution is -2.28. The first-order valence-electron chi connectivity index (χ1n) is 23.7. The smallest absolute Gasteiger partial charge is 0.136 e. The molecule has 0 saturated heterocycles. The van der Waals surface area contributed by atoms with Gasteiger partial charge in [0.25, 0.3) is 0 Å². The van der Waals surface area contributed by atoms with Gasteiger partial charge in [-0.1, -0.05) is 155 Å². The summed E-state index contributed by atoms with van der Waals surface area (Å²) in [6, 6.07) is 69.8. The number of furan rings is 1. The van der Waals surface area contributed by atoms with Crippen LogP contribution in [-0.4, -0.2) is 4.57 Å². The lowest BCUT2D eigenvalue weighted by Gasteiger charge is -2.34. The van der Waals surface area contributed by atoms with Crippen molar-refractivity contribution in [1.82, 2.24) is 4.57 Å². The van der Waals surface area contributed by atoms with Gasteiger partial charge in [-0.2, -0.15) is 0 Å². The number of anilines is 2.